The Morgan fingerprint density at radius 1 is 1.12 bits per heavy atom. The quantitative estimate of drug-likeness (QED) is 0.387. The number of fused-ring (bicyclic) bond motifs is 1. The number of nitrogens with one attached hydrogen (secondary N) is 2. The summed E-state index contributed by atoms with van der Waals surface area (Å²) in [6, 6.07) is 18.5. The molecule has 0 bridgehead atoms. The minimum Gasteiger partial charge on any atom is -0.489 e. The number of ether oxygens (including phenoxy) is 2. The molecule has 3 aromatic rings. The van der Waals surface area contributed by atoms with E-state index in [1.807, 2.05) is 35.0 Å². The number of guanidine groups is 1. The number of methoxy groups -OCH3 is 1. The molecular formula is C25H32N6O2. The third kappa shape index (κ3) is 6.55. The van der Waals surface area contributed by atoms with Gasteiger partial charge in [0, 0.05) is 26.1 Å². The van der Waals surface area contributed by atoms with Crippen molar-refractivity contribution in [2.24, 2.45) is 4.99 Å². The first-order chi connectivity index (χ1) is 16.2. The number of hydrogen-bond donors (Lipinski definition) is 2. The van der Waals surface area contributed by atoms with Gasteiger partial charge in [0.05, 0.1) is 13.1 Å². The van der Waals surface area contributed by atoms with Crippen molar-refractivity contribution in [1.29, 1.82) is 0 Å². The zero-order valence-electron chi connectivity index (χ0n) is 19.3. The van der Waals surface area contributed by atoms with Crippen molar-refractivity contribution < 1.29 is 9.47 Å². The van der Waals surface area contributed by atoms with E-state index in [2.05, 4.69) is 51.9 Å². The lowest BCUT2D eigenvalue weighted by molar-refractivity contribution is 0.177. The molecule has 174 valence electrons. The fourth-order valence-electron chi connectivity index (χ4n) is 3.83. The van der Waals surface area contributed by atoms with Gasteiger partial charge < -0.3 is 20.1 Å². The number of aliphatic imine (C=N–C) groups is 1. The molecule has 0 fully saturated rings. The Morgan fingerprint density at radius 2 is 1.97 bits per heavy atom. The average molecular weight is 449 g/mol. The molecule has 1 atom stereocenters. The zero-order valence-corrected chi connectivity index (χ0v) is 19.3. The van der Waals surface area contributed by atoms with Gasteiger partial charge in [0.1, 0.15) is 24.8 Å². The third-order valence-corrected chi connectivity index (χ3v) is 5.43. The minimum absolute atomic E-state index is 0.243. The standard InChI is InChI=1S/C25H32N6O2/c1-3-26-25(28-21-12-13-24-29-23(18-32-2)30-31(24)16-21)27-15-20-10-7-11-22(14-20)33-17-19-8-5-4-6-9-19/h4-11,14,21H,3,12-13,15-18H2,1-2H3,(H2,26,27,28). The molecule has 8 heteroatoms. The second kappa shape index (κ2) is 11.5. The van der Waals surface area contributed by atoms with Gasteiger partial charge in [0.25, 0.3) is 0 Å². The SMILES string of the molecule is CCNC(=NCc1cccc(OCc2ccccc2)c1)NC1CCc2nc(COC)nn2C1. The molecule has 1 aliphatic rings. The molecule has 0 saturated carbocycles. The van der Waals surface area contributed by atoms with Crippen molar-refractivity contribution >= 4 is 5.96 Å². The Balaban J connectivity index is 1.35. The molecule has 1 aromatic heterocycles. The van der Waals surface area contributed by atoms with E-state index in [0.717, 1.165) is 60.4 Å². The number of hydrogen-bond acceptors (Lipinski definition) is 5. The van der Waals surface area contributed by atoms with Crippen molar-refractivity contribution in [2.75, 3.05) is 13.7 Å². The van der Waals surface area contributed by atoms with Gasteiger partial charge in [0.2, 0.25) is 0 Å². The lowest BCUT2D eigenvalue weighted by Crippen LogP contribution is -2.47. The largest absolute Gasteiger partial charge is 0.489 e. The molecule has 2 aromatic carbocycles. The molecule has 4 rings (SSSR count). The van der Waals surface area contributed by atoms with Crippen LogP contribution in [0.3, 0.4) is 0 Å². The normalized spacial score (nSPS) is 15.7. The fourth-order valence-corrected chi connectivity index (χ4v) is 3.83. The molecule has 0 amide bonds. The summed E-state index contributed by atoms with van der Waals surface area (Å²) in [6.07, 6.45) is 1.87. The molecule has 2 heterocycles. The highest BCUT2D eigenvalue weighted by Crippen LogP contribution is 2.17. The first-order valence-electron chi connectivity index (χ1n) is 11.5. The highest BCUT2D eigenvalue weighted by molar-refractivity contribution is 5.80. The summed E-state index contributed by atoms with van der Waals surface area (Å²) >= 11 is 0. The summed E-state index contributed by atoms with van der Waals surface area (Å²) in [4.78, 5) is 9.35. The van der Waals surface area contributed by atoms with Gasteiger partial charge in [-0.25, -0.2) is 14.7 Å². The number of aromatic nitrogens is 3. The van der Waals surface area contributed by atoms with Crippen LogP contribution in [-0.4, -0.2) is 40.4 Å². The van der Waals surface area contributed by atoms with E-state index < -0.39 is 0 Å². The van der Waals surface area contributed by atoms with Crippen LogP contribution >= 0.6 is 0 Å². The summed E-state index contributed by atoms with van der Waals surface area (Å²) in [5.41, 5.74) is 2.25. The highest BCUT2D eigenvalue weighted by Gasteiger charge is 2.22. The van der Waals surface area contributed by atoms with E-state index in [9.17, 15) is 0 Å². The van der Waals surface area contributed by atoms with E-state index in [4.69, 9.17) is 14.5 Å². The molecule has 1 aliphatic heterocycles. The van der Waals surface area contributed by atoms with E-state index in [-0.39, 0.29) is 6.04 Å². The third-order valence-electron chi connectivity index (χ3n) is 5.43. The maximum absolute atomic E-state index is 5.96. The van der Waals surface area contributed by atoms with Crippen LogP contribution in [0.5, 0.6) is 5.75 Å². The number of rotatable bonds is 9. The van der Waals surface area contributed by atoms with Gasteiger partial charge in [-0.1, -0.05) is 42.5 Å². The van der Waals surface area contributed by atoms with Crippen molar-refractivity contribution in [3.63, 3.8) is 0 Å². The predicted octanol–water partition coefficient (Wildman–Crippen LogP) is 3.07. The van der Waals surface area contributed by atoms with E-state index in [0.29, 0.717) is 19.8 Å². The van der Waals surface area contributed by atoms with E-state index in [1.54, 1.807) is 7.11 Å². The smallest absolute Gasteiger partial charge is 0.191 e. The van der Waals surface area contributed by atoms with Crippen LogP contribution in [0.25, 0.3) is 0 Å². The second-order valence-corrected chi connectivity index (χ2v) is 8.06. The van der Waals surface area contributed by atoms with Gasteiger partial charge in [0.15, 0.2) is 11.8 Å². The molecular weight excluding hydrogens is 416 g/mol. The molecule has 0 aliphatic carbocycles. The molecule has 0 spiro atoms. The van der Waals surface area contributed by atoms with Gasteiger partial charge in [-0.2, -0.15) is 5.10 Å². The van der Waals surface area contributed by atoms with Crippen molar-refractivity contribution in [2.45, 2.75) is 52.1 Å². The lowest BCUT2D eigenvalue weighted by Gasteiger charge is -2.25. The summed E-state index contributed by atoms with van der Waals surface area (Å²) in [7, 11) is 1.66. The predicted molar refractivity (Wildman–Crippen MR) is 128 cm³/mol. The Hall–Kier alpha value is -3.39. The summed E-state index contributed by atoms with van der Waals surface area (Å²) in [5, 5.41) is 11.5. The molecule has 8 nitrogen and oxygen atoms in total. The number of nitrogens with zero attached hydrogens (tertiary/aromatic N) is 4. The molecule has 2 N–H and O–H groups in total. The monoisotopic (exact) mass is 448 g/mol. The fraction of sp³-hybridized carbons (Fsp3) is 0.400. The maximum Gasteiger partial charge on any atom is 0.191 e. The van der Waals surface area contributed by atoms with Gasteiger partial charge >= 0.3 is 0 Å². The number of benzene rings is 2. The maximum atomic E-state index is 5.96. The van der Waals surface area contributed by atoms with Crippen LogP contribution in [0.2, 0.25) is 0 Å². The first kappa shape index (κ1) is 22.8. The Morgan fingerprint density at radius 3 is 2.79 bits per heavy atom. The van der Waals surface area contributed by atoms with Gasteiger partial charge in [-0.05, 0) is 36.6 Å². The highest BCUT2D eigenvalue weighted by atomic mass is 16.5. The average Bonchev–Trinajstić information content (AvgIpc) is 3.24. The van der Waals surface area contributed by atoms with Crippen LogP contribution < -0.4 is 15.4 Å². The van der Waals surface area contributed by atoms with Gasteiger partial charge in [-0.15, -0.1) is 0 Å². The Bertz CT molecular complexity index is 1050. The van der Waals surface area contributed by atoms with Crippen LogP contribution in [0.4, 0.5) is 0 Å². The van der Waals surface area contributed by atoms with E-state index in [1.165, 1.54) is 0 Å². The second-order valence-electron chi connectivity index (χ2n) is 8.06. The Kier molecular flexibility index (Phi) is 7.92. The van der Waals surface area contributed by atoms with Crippen molar-refractivity contribution in [3.05, 3.63) is 77.4 Å². The topological polar surface area (TPSA) is 85.6 Å². The van der Waals surface area contributed by atoms with Crippen molar-refractivity contribution in [3.8, 4) is 5.75 Å². The van der Waals surface area contributed by atoms with Crippen molar-refractivity contribution in [1.82, 2.24) is 25.4 Å². The van der Waals surface area contributed by atoms with Crippen LogP contribution in [0.1, 0.15) is 36.1 Å². The van der Waals surface area contributed by atoms with Crippen LogP contribution in [0, 0.1) is 0 Å². The van der Waals surface area contributed by atoms with Crippen LogP contribution in [-0.2, 0) is 37.5 Å². The zero-order chi connectivity index (χ0) is 22.9. The lowest BCUT2D eigenvalue weighted by atomic mass is 10.1. The van der Waals surface area contributed by atoms with Crippen LogP contribution in [0.15, 0.2) is 59.6 Å². The number of aryl methyl sites for hydroxylation is 1. The summed E-state index contributed by atoms with van der Waals surface area (Å²) < 4.78 is 13.1. The Labute approximate surface area is 195 Å². The first-order valence-corrected chi connectivity index (χ1v) is 11.5. The summed E-state index contributed by atoms with van der Waals surface area (Å²) in [6.45, 7) is 5.19. The van der Waals surface area contributed by atoms with Gasteiger partial charge in [-0.3, -0.25) is 0 Å². The molecule has 0 saturated heterocycles. The summed E-state index contributed by atoms with van der Waals surface area (Å²) in [5.74, 6) is 3.42. The molecule has 0 radical (unpaired) electrons. The molecule has 1 unspecified atom stereocenters. The molecule has 33 heavy (non-hydrogen) atoms. The van der Waals surface area contributed by atoms with E-state index >= 15 is 0 Å². The minimum atomic E-state index is 0.243.